The molecule has 3 heteroatoms. The molecule has 0 aliphatic rings. The summed E-state index contributed by atoms with van der Waals surface area (Å²) in [6.45, 7) is 0.525. The third-order valence-corrected chi connectivity index (χ3v) is 3.26. The van der Waals surface area contributed by atoms with Crippen LogP contribution in [-0.2, 0) is 6.54 Å². The van der Waals surface area contributed by atoms with Crippen molar-refractivity contribution in [3.05, 3.63) is 72.8 Å². The van der Waals surface area contributed by atoms with Crippen LogP contribution in [0.3, 0.4) is 0 Å². The van der Waals surface area contributed by atoms with E-state index in [1.54, 1.807) is 24.8 Å². The summed E-state index contributed by atoms with van der Waals surface area (Å²) < 4.78 is 0. The molecule has 3 rings (SSSR count). The van der Waals surface area contributed by atoms with E-state index in [-0.39, 0.29) is 0 Å². The predicted octanol–water partition coefficient (Wildman–Crippen LogP) is 3.27. The first-order valence-electron chi connectivity index (χ1n) is 6.51. The topological polar surface area (TPSA) is 51.8 Å². The molecule has 0 saturated heterocycles. The molecule has 98 valence electrons. The van der Waals surface area contributed by atoms with Crippen LogP contribution in [0.4, 0.5) is 0 Å². The van der Waals surface area contributed by atoms with E-state index in [4.69, 9.17) is 5.73 Å². The zero-order valence-corrected chi connectivity index (χ0v) is 11.0. The third-order valence-electron chi connectivity index (χ3n) is 3.26. The Morgan fingerprint density at radius 3 is 1.50 bits per heavy atom. The van der Waals surface area contributed by atoms with Crippen LogP contribution < -0.4 is 5.73 Å². The molecular weight excluding hydrogens is 246 g/mol. The van der Waals surface area contributed by atoms with Gasteiger partial charge in [-0.05, 0) is 70.3 Å². The van der Waals surface area contributed by atoms with Gasteiger partial charge >= 0.3 is 0 Å². The fourth-order valence-corrected chi connectivity index (χ4v) is 2.23. The number of nitrogens with zero attached hydrogens (tertiary/aromatic N) is 2. The van der Waals surface area contributed by atoms with Crippen molar-refractivity contribution < 1.29 is 0 Å². The summed E-state index contributed by atoms with van der Waals surface area (Å²) in [4.78, 5) is 8.12. The van der Waals surface area contributed by atoms with E-state index < -0.39 is 0 Å². The summed E-state index contributed by atoms with van der Waals surface area (Å²) in [7, 11) is 0. The first-order valence-corrected chi connectivity index (χ1v) is 6.51. The van der Waals surface area contributed by atoms with Crippen molar-refractivity contribution in [2.45, 2.75) is 6.54 Å². The SMILES string of the molecule is NCc1cc(-c2ccncc2)cc(-c2ccncc2)c1. The molecule has 3 nitrogen and oxygen atoms in total. The number of rotatable bonds is 3. The highest BCUT2D eigenvalue weighted by Crippen LogP contribution is 2.27. The Balaban J connectivity index is 2.13. The maximum Gasteiger partial charge on any atom is 0.0273 e. The van der Waals surface area contributed by atoms with Crippen LogP contribution in [-0.4, -0.2) is 9.97 Å². The third kappa shape index (κ3) is 2.58. The van der Waals surface area contributed by atoms with Crippen LogP contribution in [0.5, 0.6) is 0 Å². The van der Waals surface area contributed by atoms with Crippen molar-refractivity contribution in [2.75, 3.05) is 0 Å². The zero-order chi connectivity index (χ0) is 13.8. The first kappa shape index (κ1) is 12.5. The smallest absolute Gasteiger partial charge is 0.0273 e. The molecule has 0 saturated carbocycles. The molecule has 0 atom stereocenters. The summed E-state index contributed by atoms with van der Waals surface area (Å²) >= 11 is 0. The lowest BCUT2D eigenvalue weighted by atomic mass is 9.97. The number of pyridine rings is 2. The van der Waals surface area contributed by atoms with E-state index in [2.05, 4.69) is 28.2 Å². The number of benzene rings is 1. The fraction of sp³-hybridized carbons (Fsp3) is 0.0588. The Morgan fingerprint density at radius 2 is 1.10 bits per heavy atom. The lowest BCUT2D eigenvalue weighted by Gasteiger charge is -2.09. The van der Waals surface area contributed by atoms with Gasteiger partial charge in [-0.3, -0.25) is 9.97 Å². The van der Waals surface area contributed by atoms with Crippen LogP contribution in [0.2, 0.25) is 0 Å². The number of hydrogen-bond donors (Lipinski definition) is 1. The van der Waals surface area contributed by atoms with Gasteiger partial charge in [-0.1, -0.05) is 0 Å². The van der Waals surface area contributed by atoms with E-state index in [0.29, 0.717) is 6.54 Å². The largest absolute Gasteiger partial charge is 0.326 e. The standard InChI is InChI=1S/C17H15N3/c18-12-13-9-16(14-1-5-19-6-2-14)11-17(10-13)15-3-7-20-8-4-15/h1-11H,12,18H2. The van der Waals surface area contributed by atoms with Gasteiger partial charge < -0.3 is 5.73 Å². The molecule has 2 heterocycles. The van der Waals surface area contributed by atoms with Crippen molar-refractivity contribution in [1.82, 2.24) is 9.97 Å². The van der Waals surface area contributed by atoms with Crippen molar-refractivity contribution in [1.29, 1.82) is 0 Å². The molecule has 20 heavy (non-hydrogen) atoms. The molecular formula is C17H15N3. The van der Waals surface area contributed by atoms with E-state index in [1.807, 2.05) is 24.3 Å². The van der Waals surface area contributed by atoms with Crippen molar-refractivity contribution >= 4 is 0 Å². The molecule has 0 fully saturated rings. The van der Waals surface area contributed by atoms with E-state index in [0.717, 1.165) is 27.8 Å². The lowest BCUT2D eigenvalue weighted by Crippen LogP contribution is -1.97. The second-order valence-corrected chi connectivity index (χ2v) is 4.59. The van der Waals surface area contributed by atoms with Gasteiger partial charge in [-0.2, -0.15) is 0 Å². The van der Waals surface area contributed by atoms with Crippen LogP contribution in [0, 0.1) is 0 Å². The maximum absolute atomic E-state index is 5.82. The number of nitrogens with two attached hydrogens (primary N) is 1. The second kappa shape index (κ2) is 5.63. The molecule has 0 unspecified atom stereocenters. The van der Waals surface area contributed by atoms with Gasteiger partial charge in [0.05, 0.1) is 0 Å². The molecule has 0 aliphatic carbocycles. The highest BCUT2D eigenvalue weighted by atomic mass is 14.6. The fourth-order valence-electron chi connectivity index (χ4n) is 2.23. The summed E-state index contributed by atoms with van der Waals surface area (Å²) in [6, 6.07) is 14.4. The summed E-state index contributed by atoms with van der Waals surface area (Å²) in [6.07, 6.45) is 7.21. The van der Waals surface area contributed by atoms with Gasteiger partial charge in [0.1, 0.15) is 0 Å². The minimum absolute atomic E-state index is 0.525. The summed E-state index contributed by atoms with van der Waals surface area (Å²) in [5.74, 6) is 0. The normalized spacial score (nSPS) is 10.4. The molecule has 0 spiro atoms. The molecule has 2 N–H and O–H groups in total. The Hall–Kier alpha value is -2.52. The second-order valence-electron chi connectivity index (χ2n) is 4.59. The molecule has 1 aromatic carbocycles. The van der Waals surface area contributed by atoms with Crippen LogP contribution in [0.25, 0.3) is 22.3 Å². The Morgan fingerprint density at radius 1 is 0.650 bits per heavy atom. The summed E-state index contributed by atoms with van der Waals surface area (Å²) in [5, 5.41) is 0. The molecule has 0 bridgehead atoms. The molecule has 3 aromatic rings. The quantitative estimate of drug-likeness (QED) is 0.787. The molecule has 0 aliphatic heterocycles. The average molecular weight is 261 g/mol. The summed E-state index contributed by atoms with van der Waals surface area (Å²) in [5.41, 5.74) is 11.5. The van der Waals surface area contributed by atoms with E-state index in [1.165, 1.54) is 0 Å². The Kier molecular flexibility index (Phi) is 3.52. The van der Waals surface area contributed by atoms with E-state index in [9.17, 15) is 0 Å². The molecule has 2 aromatic heterocycles. The minimum atomic E-state index is 0.525. The minimum Gasteiger partial charge on any atom is -0.326 e. The van der Waals surface area contributed by atoms with Gasteiger partial charge in [0, 0.05) is 31.3 Å². The average Bonchev–Trinajstić information content (AvgIpc) is 2.56. The molecule has 0 radical (unpaired) electrons. The molecule has 0 amide bonds. The van der Waals surface area contributed by atoms with Gasteiger partial charge in [0.2, 0.25) is 0 Å². The van der Waals surface area contributed by atoms with E-state index >= 15 is 0 Å². The van der Waals surface area contributed by atoms with Crippen LogP contribution in [0.1, 0.15) is 5.56 Å². The Bertz CT molecular complexity index is 636. The van der Waals surface area contributed by atoms with Crippen molar-refractivity contribution in [3.63, 3.8) is 0 Å². The zero-order valence-electron chi connectivity index (χ0n) is 11.0. The van der Waals surface area contributed by atoms with Gasteiger partial charge in [0.15, 0.2) is 0 Å². The monoisotopic (exact) mass is 261 g/mol. The van der Waals surface area contributed by atoms with Crippen molar-refractivity contribution in [2.24, 2.45) is 5.73 Å². The maximum atomic E-state index is 5.82. The first-order chi connectivity index (χ1) is 9.86. The van der Waals surface area contributed by atoms with Crippen LogP contribution >= 0.6 is 0 Å². The van der Waals surface area contributed by atoms with Gasteiger partial charge in [-0.15, -0.1) is 0 Å². The van der Waals surface area contributed by atoms with Crippen molar-refractivity contribution in [3.8, 4) is 22.3 Å². The Labute approximate surface area is 118 Å². The van der Waals surface area contributed by atoms with Gasteiger partial charge in [0.25, 0.3) is 0 Å². The number of hydrogen-bond acceptors (Lipinski definition) is 3. The highest BCUT2D eigenvalue weighted by Gasteiger charge is 2.04. The number of aromatic nitrogens is 2. The lowest BCUT2D eigenvalue weighted by molar-refractivity contribution is 1.07. The van der Waals surface area contributed by atoms with Crippen LogP contribution in [0.15, 0.2) is 67.3 Å². The predicted molar refractivity (Wildman–Crippen MR) is 80.8 cm³/mol. The highest BCUT2D eigenvalue weighted by molar-refractivity contribution is 5.73. The van der Waals surface area contributed by atoms with Gasteiger partial charge in [-0.25, -0.2) is 0 Å².